The Morgan fingerprint density at radius 2 is 1.81 bits per heavy atom. The zero-order valence-corrected chi connectivity index (χ0v) is 13.3. The molecular formula is C14H20O6S. The number of aryl methyl sites for hydroxylation is 1. The van der Waals surface area contributed by atoms with Gasteiger partial charge in [0, 0.05) is 6.61 Å². The van der Waals surface area contributed by atoms with Crippen LogP contribution < -0.4 is 0 Å². The van der Waals surface area contributed by atoms with Crippen molar-refractivity contribution in [2.24, 2.45) is 0 Å². The fourth-order valence-corrected chi connectivity index (χ4v) is 2.94. The zero-order chi connectivity index (χ0) is 16.3. The van der Waals surface area contributed by atoms with Gasteiger partial charge in [0.1, 0.15) is 5.60 Å². The molecule has 1 rings (SSSR count). The molecule has 0 fully saturated rings. The van der Waals surface area contributed by atoms with E-state index in [2.05, 4.69) is 0 Å². The quantitative estimate of drug-likeness (QED) is 0.774. The van der Waals surface area contributed by atoms with Gasteiger partial charge in [-0.05, 0) is 39.8 Å². The average Bonchev–Trinajstić information content (AvgIpc) is 2.36. The SMILES string of the molecule is CCOC(C)(C)C(OS(=O)(=O)c1ccc(C)cc1)C(=O)O. The van der Waals surface area contributed by atoms with Crippen LogP contribution in [-0.4, -0.2) is 37.8 Å². The van der Waals surface area contributed by atoms with Crippen molar-refractivity contribution in [2.75, 3.05) is 6.61 Å². The van der Waals surface area contributed by atoms with Crippen molar-refractivity contribution < 1.29 is 27.2 Å². The first-order chi connectivity index (χ1) is 9.60. The fourth-order valence-electron chi connectivity index (χ4n) is 1.79. The highest BCUT2D eigenvalue weighted by Crippen LogP contribution is 2.23. The maximum Gasteiger partial charge on any atom is 0.337 e. The lowest BCUT2D eigenvalue weighted by Crippen LogP contribution is -2.47. The van der Waals surface area contributed by atoms with Crippen molar-refractivity contribution in [1.82, 2.24) is 0 Å². The van der Waals surface area contributed by atoms with Crippen molar-refractivity contribution in [3.05, 3.63) is 29.8 Å². The molecule has 0 bridgehead atoms. The Morgan fingerprint density at radius 3 is 2.24 bits per heavy atom. The van der Waals surface area contributed by atoms with Gasteiger partial charge < -0.3 is 9.84 Å². The van der Waals surface area contributed by atoms with Gasteiger partial charge in [-0.2, -0.15) is 8.42 Å². The summed E-state index contributed by atoms with van der Waals surface area (Å²) in [4.78, 5) is 11.2. The zero-order valence-electron chi connectivity index (χ0n) is 12.5. The predicted octanol–water partition coefficient (Wildman–Crippen LogP) is 1.97. The number of carboxylic acids is 1. The molecule has 0 aliphatic heterocycles. The monoisotopic (exact) mass is 316 g/mol. The second kappa shape index (κ2) is 6.55. The highest BCUT2D eigenvalue weighted by atomic mass is 32.2. The van der Waals surface area contributed by atoms with E-state index in [0.29, 0.717) is 0 Å². The second-order valence-corrected chi connectivity index (χ2v) is 6.69. The third kappa shape index (κ3) is 4.52. The third-order valence-corrected chi connectivity index (χ3v) is 4.20. The Hall–Kier alpha value is -1.44. The molecule has 21 heavy (non-hydrogen) atoms. The third-order valence-electron chi connectivity index (χ3n) is 2.90. The van der Waals surface area contributed by atoms with E-state index in [1.807, 2.05) is 6.92 Å². The summed E-state index contributed by atoms with van der Waals surface area (Å²) < 4.78 is 34.5. The van der Waals surface area contributed by atoms with Gasteiger partial charge in [0.15, 0.2) is 0 Å². The normalized spacial score (nSPS) is 13.9. The van der Waals surface area contributed by atoms with Crippen LogP contribution in [0.15, 0.2) is 29.2 Å². The highest BCUT2D eigenvalue weighted by Gasteiger charge is 2.41. The molecule has 0 saturated carbocycles. The number of hydrogen-bond donors (Lipinski definition) is 1. The van der Waals surface area contributed by atoms with E-state index in [1.165, 1.54) is 26.0 Å². The minimum Gasteiger partial charge on any atom is -0.479 e. The van der Waals surface area contributed by atoms with Crippen molar-refractivity contribution >= 4 is 16.1 Å². The number of rotatable bonds is 7. The van der Waals surface area contributed by atoms with Gasteiger partial charge in [-0.15, -0.1) is 0 Å². The van der Waals surface area contributed by atoms with Gasteiger partial charge in [0.25, 0.3) is 10.1 Å². The van der Waals surface area contributed by atoms with Crippen molar-refractivity contribution in [3.63, 3.8) is 0 Å². The number of hydrogen-bond acceptors (Lipinski definition) is 5. The Bertz CT molecular complexity index is 588. The fraction of sp³-hybridized carbons (Fsp3) is 0.500. The summed E-state index contributed by atoms with van der Waals surface area (Å²) in [5.41, 5.74) is -0.392. The van der Waals surface area contributed by atoms with Crippen molar-refractivity contribution in [2.45, 2.75) is 44.3 Å². The van der Waals surface area contributed by atoms with Gasteiger partial charge in [0.2, 0.25) is 6.10 Å². The molecule has 1 unspecified atom stereocenters. The van der Waals surface area contributed by atoms with Crippen LogP contribution in [0.3, 0.4) is 0 Å². The van der Waals surface area contributed by atoms with Crippen LogP contribution in [-0.2, 0) is 23.8 Å². The average molecular weight is 316 g/mol. The van der Waals surface area contributed by atoms with Crippen LogP contribution in [0.25, 0.3) is 0 Å². The first-order valence-electron chi connectivity index (χ1n) is 6.47. The Balaban J connectivity index is 3.08. The molecule has 0 aromatic heterocycles. The maximum absolute atomic E-state index is 12.2. The molecule has 1 atom stereocenters. The molecule has 118 valence electrons. The summed E-state index contributed by atoms with van der Waals surface area (Å²) in [6, 6.07) is 5.97. The maximum atomic E-state index is 12.2. The summed E-state index contributed by atoms with van der Waals surface area (Å²) >= 11 is 0. The first kappa shape index (κ1) is 17.6. The van der Waals surface area contributed by atoms with Crippen LogP contribution in [0.5, 0.6) is 0 Å². The molecule has 7 heteroatoms. The molecule has 0 aliphatic carbocycles. The topological polar surface area (TPSA) is 89.9 Å². The molecule has 1 aromatic carbocycles. The van der Waals surface area contributed by atoms with Crippen molar-refractivity contribution in [1.29, 1.82) is 0 Å². The molecular weight excluding hydrogens is 296 g/mol. The second-order valence-electron chi connectivity index (χ2n) is 5.12. The van der Waals surface area contributed by atoms with Crippen LogP contribution in [0.2, 0.25) is 0 Å². The van der Waals surface area contributed by atoms with Gasteiger partial charge in [-0.1, -0.05) is 17.7 Å². The van der Waals surface area contributed by atoms with E-state index in [-0.39, 0.29) is 11.5 Å². The lowest BCUT2D eigenvalue weighted by Gasteiger charge is -2.30. The van der Waals surface area contributed by atoms with E-state index < -0.39 is 27.8 Å². The summed E-state index contributed by atoms with van der Waals surface area (Å²) in [6.07, 6.45) is -1.64. The molecule has 0 spiro atoms. The molecule has 0 amide bonds. The summed E-state index contributed by atoms with van der Waals surface area (Å²) in [7, 11) is -4.18. The number of aliphatic carboxylic acids is 1. The molecule has 6 nitrogen and oxygen atoms in total. The number of benzene rings is 1. The molecule has 0 radical (unpaired) electrons. The van der Waals surface area contributed by atoms with Crippen LogP contribution >= 0.6 is 0 Å². The molecule has 0 aliphatic rings. The summed E-state index contributed by atoms with van der Waals surface area (Å²) in [5.74, 6) is -1.40. The Kier molecular flexibility index (Phi) is 5.49. The molecule has 1 N–H and O–H groups in total. The van der Waals surface area contributed by atoms with E-state index in [0.717, 1.165) is 5.56 Å². The van der Waals surface area contributed by atoms with E-state index in [9.17, 15) is 18.3 Å². The van der Waals surface area contributed by atoms with Gasteiger partial charge in [-0.3, -0.25) is 0 Å². The predicted molar refractivity (Wildman–Crippen MR) is 76.6 cm³/mol. The molecule has 1 aromatic rings. The first-order valence-corrected chi connectivity index (χ1v) is 7.87. The van der Waals surface area contributed by atoms with E-state index in [1.54, 1.807) is 19.1 Å². The Labute approximate surface area is 124 Å². The van der Waals surface area contributed by atoms with E-state index >= 15 is 0 Å². The summed E-state index contributed by atoms with van der Waals surface area (Å²) in [6.45, 7) is 6.69. The smallest absolute Gasteiger partial charge is 0.337 e. The Morgan fingerprint density at radius 1 is 1.29 bits per heavy atom. The van der Waals surface area contributed by atoms with Crippen LogP contribution in [0, 0.1) is 6.92 Å². The summed E-state index contributed by atoms with van der Waals surface area (Å²) in [5, 5.41) is 9.22. The highest BCUT2D eigenvalue weighted by molar-refractivity contribution is 7.86. The minimum atomic E-state index is -4.18. The van der Waals surface area contributed by atoms with Crippen molar-refractivity contribution in [3.8, 4) is 0 Å². The molecule has 0 saturated heterocycles. The standard InChI is InChI=1S/C14H20O6S/c1-5-19-14(3,4)12(13(15)16)20-21(17,18)11-8-6-10(2)7-9-11/h6-9,12H,5H2,1-4H3,(H,15,16). The van der Waals surface area contributed by atoms with Gasteiger partial charge in [-0.25, -0.2) is 8.98 Å². The van der Waals surface area contributed by atoms with Crippen LogP contribution in [0.1, 0.15) is 26.3 Å². The lowest BCUT2D eigenvalue weighted by molar-refractivity contribution is -0.161. The minimum absolute atomic E-state index is 0.0911. The van der Waals surface area contributed by atoms with Crippen LogP contribution in [0.4, 0.5) is 0 Å². The van der Waals surface area contributed by atoms with Gasteiger partial charge in [0.05, 0.1) is 4.90 Å². The largest absolute Gasteiger partial charge is 0.479 e. The molecule has 0 heterocycles. The van der Waals surface area contributed by atoms with Gasteiger partial charge >= 0.3 is 5.97 Å². The lowest BCUT2D eigenvalue weighted by atomic mass is 10.0. The number of ether oxygens (including phenoxy) is 1. The number of carboxylic acid groups (broad SMARTS) is 1. The number of carbonyl (C=O) groups is 1. The van der Waals surface area contributed by atoms with E-state index in [4.69, 9.17) is 8.92 Å².